The standard InChI is InChI=1S/C23H17F4N3O3/c1-12-19(21(31)29-16-5-3-2-4-15(16)23(25,26)27)20(30-22(32)28-12)18-11-10-17(33-18)13-6-8-14(24)9-7-13/h2-11,20H,1H3,(H,29,31)(H2,28,30,32)/t20-/m0/s1. The Morgan fingerprint density at radius 3 is 2.42 bits per heavy atom. The molecule has 33 heavy (non-hydrogen) atoms. The highest BCUT2D eigenvalue weighted by Gasteiger charge is 2.36. The smallest absolute Gasteiger partial charge is 0.418 e. The van der Waals surface area contributed by atoms with Gasteiger partial charge in [-0.25, -0.2) is 9.18 Å². The van der Waals surface area contributed by atoms with Crippen molar-refractivity contribution >= 4 is 17.6 Å². The minimum Gasteiger partial charge on any atom is -0.459 e. The lowest BCUT2D eigenvalue weighted by molar-refractivity contribution is -0.137. The second kappa shape index (κ2) is 8.45. The van der Waals surface area contributed by atoms with E-state index in [1.54, 1.807) is 6.07 Å². The summed E-state index contributed by atoms with van der Waals surface area (Å²) in [6.07, 6.45) is -4.67. The number of para-hydroxylation sites is 1. The number of alkyl halides is 3. The third-order valence-electron chi connectivity index (χ3n) is 5.03. The molecule has 1 aliphatic heterocycles. The molecule has 0 saturated carbocycles. The third kappa shape index (κ3) is 4.59. The molecule has 6 nitrogen and oxygen atoms in total. The number of hydrogen-bond donors (Lipinski definition) is 3. The van der Waals surface area contributed by atoms with Gasteiger partial charge in [0, 0.05) is 11.3 Å². The van der Waals surface area contributed by atoms with Gasteiger partial charge >= 0.3 is 12.2 Å². The monoisotopic (exact) mass is 459 g/mol. The van der Waals surface area contributed by atoms with Gasteiger partial charge in [-0.2, -0.15) is 13.2 Å². The predicted octanol–water partition coefficient (Wildman–Crippen LogP) is 5.37. The zero-order valence-electron chi connectivity index (χ0n) is 17.1. The number of benzene rings is 2. The van der Waals surface area contributed by atoms with E-state index in [9.17, 15) is 27.2 Å². The highest BCUT2D eigenvalue weighted by molar-refractivity contribution is 6.07. The maximum atomic E-state index is 13.3. The largest absolute Gasteiger partial charge is 0.459 e. The van der Waals surface area contributed by atoms with E-state index < -0.39 is 41.2 Å². The maximum absolute atomic E-state index is 13.3. The highest BCUT2D eigenvalue weighted by atomic mass is 19.4. The van der Waals surface area contributed by atoms with Crippen molar-refractivity contribution in [2.24, 2.45) is 0 Å². The molecule has 2 aromatic carbocycles. The highest BCUT2D eigenvalue weighted by Crippen LogP contribution is 2.36. The zero-order chi connectivity index (χ0) is 23.8. The molecule has 0 saturated heterocycles. The Morgan fingerprint density at radius 1 is 1.03 bits per heavy atom. The molecule has 1 aromatic heterocycles. The molecule has 0 aliphatic carbocycles. The summed E-state index contributed by atoms with van der Waals surface area (Å²) in [5.41, 5.74) is -0.722. The van der Waals surface area contributed by atoms with Crippen LogP contribution in [0.4, 0.5) is 28.0 Å². The van der Waals surface area contributed by atoms with Crippen LogP contribution in [0.5, 0.6) is 0 Å². The number of carbonyl (C=O) groups excluding carboxylic acids is 2. The number of nitrogens with one attached hydrogen (secondary N) is 3. The van der Waals surface area contributed by atoms with Gasteiger partial charge in [0.05, 0.1) is 16.8 Å². The topological polar surface area (TPSA) is 83.4 Å². The quantitative estimate of drug-likeness (QED) is 0.459. The van der Waals surface area contributed by atoms with E-state index in [1.807, 2.05) is 0 Å². The molecule has 0 unspecified atom stereocenters. The summed E-state index contributed by atoms with van der Waals surface area (Å²) in [5.74, 6) is -0.732. The van der Waals surface area contributed by atoms with Gasteiger partial charge in [0.25, 0.3) is 5.91 Å². The number of carbonyl (C=O) groups is 2. The summed E-state index contributed by atoms with van der Waals surface area (Å²) in [6, 6.07) is 11.5. The number of urea groups is 1. The second-order valence-electron chi connectivity index (χ2n) is 7.28. The third-order valence-corrected chi connectivity index (χ3v) is 5.03. The predicted molar refractivity (Wildman–Crippen MR) is 111 cm³/mol. The lowest BCUT2D eigenvalue weighted by atomic mass is 9.99. The molecular formula is C23H17F4N3O3. The fraction of sp³-hybridized carbons (Fsp3) is 0.130. The van der Waals surface area contributed by atoms with Crippen LogP contribution in [0, 0.1) is 5.82 Å². The number of rotatable bonds is 4. The van der Waals surface area contributed by atoms with Crippen molar-refractivity contribution in [3.05, 3.63) is 89.1 Å². The first-order valence-electron chi connectivity index (χ1n) is 9.75. The first-order chi connectivity index (χ1) is 15.6. The van der Waals surface area contributed by atoms with E-state index in [4.69, 9.17) is 4.42 Å². The first-order valence-corrected chi connectivity index (χ1v) is 9.75. The summed E-state index contributed by atoms with van der Waals surface area (Å²) >= 11 is 0. The van der Waals surface area contributed by atoms with Crippen LogP contribution in [0.2, 0.25) is 0 Å². The van der Waals surface area contributed by atoms with Gasteiger partial charge in [-0.3, -0.25) is 4.79 Å². The fourth-order valence-corrected chi connectivity index (χ4v) is 3.51. The number of allylic oxidation sites excluding steroid dienone is 1. The Hall–Kier alpha value is -4.08. The molecule has 0 radical (unpaired) electrons. The van der Waals surface area contributed by atoms with Gasteiger partial charge in [-0.15, -0.1) is 0 Å². The van der Waals surface area contributed by atoms with Crippen molar-refractivity contribution in [2.45, 2.75) is 19.1 Å². The van der Waals surface area contributed by atoms with Crippen molar-refractivity contribution in [1.82, 2.24) is 10.6 Å². The molecule has 3 amide bonds. The first kappa shape index (κ1) is 22.1. The van der Waals surface area contributed by atoms with Crippen LogP contribution in [0.25, 0.3) is 11.3 Å². The van der Waals surface area contributed by atoms with Crippen molar-refractivity contribution in [2.75, 3.05) is 5.32 Å². The normalized spacial score (nSPS) is 16.3. The van der Waals surface area contributed by atoms with Crippen LogP contribution in [0.15, 0.2) is 76.4 Å². The second-order valence-corrected chi connectivity index (χ2v) is 7.28. The van der Waals surface area contributed by atoms with Crippen molar-refractivity contribution in [3.8, 4) is 11.3 Å². The number of anilines is 1. The molecule has 0 fully saturated rings. The summed E-state index contributed by atoms with van der Waals surface area (Å²) in [6.45, 7) is 1.46. The van der Waals surface area contributed by atoms with Crippen LogP contribution in [0.1, 0.15) is 24.3 Å². The molecular weight excluding hydrogens is 442 g/mol. The molecule has 3 aromatic rings. The summed E-state index contributed by atoms with van der Waals surface area (Å²) in [5, 5.41) is 7.29. The number of hydrogen-bond acceptors (Lipinski definition) is 3. The minimum atomic E-state index is -4.67. The maximum Gasteiger partial charge on any atom is 0.418 e. The average molecular weight is 459 g/mol. The molecule has 0 bridgehead atoms. The van der Waals surface area contributed by atoms with Crippen LogP contribution < -0.4 is 16.0 Å². The Bertz CT molecular complexity index is 1250. The molecule has 10 heteroatoms. The minimum absolute atomic E-state index is 0.0217. The van der Waals surface area contributed by atoms with E-state index in [2.05, 4.69) is 16.0 Å². The van der Waals surface area contributed by atoms with Gasteiger partial charge in [0.2, 0.25) is 0 Å². The van der Waals surface area contributed by atoms with Crippen molar-refractivity contribution < 1.29 is 31.6 Å². The summed E-state index contributed by atoms with van der Waals surface area (Å²) < 4.78 is 59.0. The van der Waals surface area contributed by atoms with Crippen LogP contribution >= 0.6 is 0 Å². The van der Waals surface area contributed by atoms with Crippen LogP contribution in [-0.2, 0) is 11.0 Å². The van der Waals surface area contributed by atoms with Gasteiger partial charge < -0.3 is 20.4 Å². The summed E-state index contributed by atoms with van der Waals surface area (Å²) in [7, 11) is 0. The van der Waals surface area contributed by atoms with Gasteiger partial charge in [0.1, 0.15) is 23.4 Å². The van der Waals surface area contributed by atoms with E-state index in [0.29, 0.717) is 11.3 Å². The number of halogens is 4. The molecule has 1 atom stereocenters. The Labute approximate surface area is 185 Å². The van der Waals surface area contributed by atoms with Gasteiger partial charge in [-0.05, 0) is 55.5 Å². The average Bonchev–Trinajstić information content (AvgIpc) is 3.23. The lowest BCUT2D eigenvalue weighted by Gasteiger charge is -2.27. The van der Waals surface area contributed by atoms with E-state index in [1.165, 1.54) is 49.4 Å². The molecule has 4 rings (SSSR count). The van der Waals surface area contributed by atoms with E-state index in [-0.39, 0.29) is 17.0 Å². The SMILES string of the molecule is CC1=C(C(=O)Nc2ccccc2C(F)(F)F)[C@H](c2ccc(-c3ccc(F)cc3)o2)NC(=O)N1. The number of amides is 3. The number of furan rings is 1. The molecule has 0 spiro atoms. The van der Waals surface area contributed by atoms with Crippen LogP contribution in [0.3, 0.4) is 0 Å². The van der Waals surface area contributed by atoms with Crippen LogP contribution in [-0.4, -0.2) is 11.9 Å². The Morgan fingerprint density at radius 2 is 1.73 bits per heavy atom. The van der Waals surface area contributed by atoms with E-state index in [0.717, 1.165) is 12.1 Å². The Kier molecular flexibility index (Phi) is 5.67. The summed E-state index contributed by atoms with van der Waals surface area (Å²) in [4.78, 5) is 25.1. The Balaban J connectivity index is 1.67. The lowest BCUT2D eigenvalue weighted by Crippen LogP contribution is -2.45. The van der Waals surface area contributed by atoms with Gasteiger partial charge in [0.15, 0.2) is 0 Å². The molecule has 1 aliphatic rings. The zero-order valence-corrected chi connectivity index (χ0v) is 17.1. The molecule has 170 valence electrons. The fourth-order valence-electron chi connectivity index (χ4n) is 3.51. The molecule has 2 heterocycles. The molecule has 3 N–H and O–H groups in total. The van der Waals surface area contributed by atoms with Crippen molar-refractivity contribution in [1.29, 1.82) is 0 Å². The van der Waals surface area contributed by atoms with Crippen molar-refractivity contribution in [3.63, 3.8) is 0 Å². The van der Waals surface area contributed by atoms with Gasteiger partial charge in [-0.1, -0.05) is 12.1 Å². The van der Waals surface area contributed by atoms with E-state index >= 15 is 0 Å².